The molecule has 2 N–H and O–H groups in total. The maximum Gasteiger partial charge on any atom is 0.490 e. The number of carboxylic acids is 1. The molecular formula is C27H36ClF3N6O5S. The van der Waals surface area contributed by atoms with Crippen LogP contribution in [0.25, 0.3) is 0 Å². The van der Waals surface area contributed by atoms with Gasteiger partial charge in [-0.25, -0.2) is 17.9 Å². The number of nitrogens with one attached hydrogen (secondary N) is 1. The van der Waals surface area contributed by atoms with Crippen LogP contribution in [-0.4, -0.2) is 97.2 Å². The lowest BCUT2D eigenvalue weighted by molar-refractivity contribution is -0.192. The van der Waals surface area contributed by atoms with Gasteiger partial charge < -0.3 is 19.8 Å². The van der Waals surface area contributed by atoms with Crippen molar-refractivity contribution in [2.45, 2.75) is 50.7 Å². The van der Waals surface area contributed by atoms with E-state index in [2.05, 4.69) is 31.4 Å². The van der Waals surface area contributed by atoms with E-state index in [1.807, 2.05) is 11.8 Å². The molecule has 2 aliphatic heterocycles. The largest absolute Gasteiger partial charge is 0.490 e. The zero-order valence-corrected chi connectivity index (χ0v) is 25.6. The highest BCUT2D eigenvalue weighted by Gasteiger charge is 2.38. The summed E-state index contributed by atoms with van der Waals surface area (Å²) in [6.45, 7) is 10.3. The number of alkyl halides is 3. The van der Waals surface area contributed by atoms with Crippen molar-refractivity contribution in [2.75, 3.05) is 50.7 Å². The average molecular weight is 649 g/mol. The first-order valence-electron chi connectivity index (χ1n) is 13.8. The van der Waals surface area contributed by atoms with Gasteiger partial charge in [-0.1, -0.05) is 18.5 Å². The van der Waals surface area contributed by atoms with Crippen LogP contribution < -0.4 is 9.62 Å². The van der Waals surface area contributed by atoms with E-state index in [0.29, 0.717) is 18.0 Å². The Morgan fingerprint density at radius 2 is 1.70 bits per heavy atom. The van der Waals surface area contributed by atoms with Crippen LogP contribution in [0.1, 0.15) is 37.6 Å². The number of piperidine rings is 1. The number of hydrogen-bond acceptors (Lipinski definition) is 8. The summed E-state index contributed by atoms with van der Waals surface area (Å²) < 4.78 is 59.9. The highest BCUT2D eigenvalue weighted by atomic mass is 35.5. The summed E-state index contributed by atoms with van der Waals surface area (Å²) in [6.07, 6.45) is 0.522. The van der Waals surface area contributed by atoms with Crippen molar-refractivity contribution in [1.29, 1.82) is 0 Å². The lowest BCUT2D eigenvalue weighted by atomic mass is 9.92. The number of benzene rings is 1. The first kappa shape index (κ1) is 34.5. The number of piperazine rings is 1. The molecule has 2 aliphatic rings. The van der Waals surface area contributed by atoms with Crippen molar-refractivity contribution in [2.24, 2.45) is 5.92 Å². The molecule has 0 spiro atoms. The number of anilines is 1. The van der Waals surface area contributed by atoms with Crippen LogP contribution in [0, 0.1) is 12.8 Å². The van der Waals surface area contributed by atoms with Gasteiger partial charge in [0.25, 0.3) is 0 Å². The van der Waals surface area contributed by atoms with Gasteiger partial charge in [-0.3, -0.25) is 14.8 Å². The number of nitrogens with zero attached hydrogens (tertiary/aromatic N) is 5. The number of halogens is 4. The highest BCUT2D eigenvalue weighted by Crippen LogP contribution is 2.31. The first-order valence-corrected chi connectivity index (χ1v) is 15.7. The minimum atomic E-state index is -5.08. The van der Waals surface area contributed by atoms with Crippen LogP contribution in [0.3, 0.4) is 0 Å². The van der Waals surface area contributed by atoms with Crippen molar-refractivity contribution in [3.63, 3.8) is 0 Å². The second kappa shape index (κ2) is 15.1. The number of likely N-dealkylation sites (N-methyl/N-ethyl adjacent to an activating group) is 1. The van der Waals surface area contributed by atoms with Crippen LogP contribution in [0.15, 0.2) is 35.5 Å². The molecule has 0 atom stereocenters. The SMILES string of the molecule is CCN1CCN(C(=O)CC2CCN(c3ccc(S(=O)(=O)NCc4cnc(C)cn4)c(Cl)c3)CC2)CC1.O=C(O)C(F)(F)F. The number of hydrogen-bond donors (Lipinski definition) is 2. The lowest BCUT2D eigenvalue weighted by Gasteiger charge is -2.37. The molecule has 2 aromatic rings. The topological polar surface area (TPSA) is 136 Å². The summed E-state index contributed by atoms with van der Waals surface area (Å²) in [5, 5.41) is 7.30. The number of carbonyl (C=O) groups is 2. The molecule has 0 saturated carbocycles. The Morgan fingerprint density at radius 1 is 1.07 bits per heavy atom. The molecule has 2 saturated heterocycles. The molecule has 1 aromatic carbocycles. The molecule has 43 heavy (non-hydrogen) atoms. The van der Waals surface area contributed by atoms with Gasteiger partial charge in [0, 0.05) is 57.6 Å². The van der Waals surface area contributed by atoms with Crippen LogP contribution >= 0.6 is 11.6 Å². The summed E-state index contributed by atoms with van der Waals surface area (Å²) in [5.74, 6) is -2.11. The van der Waals surface area contributed by atoms with Crippen molar-refractivity contribution in [3.05, 3.63) is 47.0 Å². The third-order valence-electron chi connectivity index (χ3n) is 7.34. The number of rotatable bonds is 8. The Bertz CT molecular complexity index is 1350. The molecule has 0 unspecified atom stereocenters. The highest BCUT2D eigenvalue weighted by molar-refractivity contribution is 7.89. The van der Waals surface area contributed by atoms with Crippen LogP contribution in [-0.2, 0) is 26.2 Å². The maximum atomic E-state index is 12.8. The maximum absolute atomic E-state index is 12.8. The zero-order chi connectivity index (χ0) is 31.8. The van der Waals surface area contributed by atoms with E-state index in [1.165, 1.54) is 0 Å². The quantitative estimate of drug-likeness (QED) is 0.442. The molecule has 0 radical (unpaired) electrons. The van der Waals surface area contributed by atoms with Crippen molar-refractivity contribution >= 4 is 39.2 Å². The average Bonchev–Trinajstić information content (AvgIpc) is 2.97. The number of carboxylic acid groups (broad SMARTS) is 1. The zero-order valence-electron chi connectivity index (χ0n) is 24.0. The van der Waals surface area contributed by atoms with Gasteiger partial charge in [0.2, 0.25) is 15.9 Å². The third kappa shape index (κ3) is 10.3. The molecule has 0 aliphatic carbocycles. The number of amides is 1. The summed E-state index contributed by atoms with van der Waals surface area (Å²) in [6, 6.07) is 5.05. The van der Waals surface area contributed by atoms with Gasteiger partial charge in [0.05, 0.1) is 29.2 Å². The predicted octanol–water partition coefficient (Wildman–Crippen LogP) is 3.32. The van der Waals surface area contributed by atoms with Gasteiger partial charge in [-0.2, -0.15) is 13.2 Å². The molecule has 11 nitrogen and oxygen atoms in total. The number of aromatic nitrogens is 2. The van der Waals surface area contributed by atoms with E-state index in [-0.39, 0.29) is 22.4 Å². The van der Waals surface area contributed by atoms with Crippen molar-refractivity contribution < 1.29 is 36.3 Å². The molecule has 1 amide bonds. The van der Waals surface area contributed by atoms with Crippen LogP contribution in [0.2, 0.25) is 5.02 Å². The number of aryl methyl sites for hydroxylation is 1. The molecule has 238 valence electrons. The third-order valence-corrected chi connectivity index (χ3v) is 9.22. The van der Waals surface area contributed by atoms with Gasteiger partial charge in [0.15, 0.2) is 0 Å². The van der Waals surface area contributed by atoms with Gasteiger partial charge in [-0.05, 0) is 50.4 Å². The Labute approximate surface area is 254 Å². The second-order valence-electron chi connectivity index (χ2n) is 10.3. The summed E-state index contributed by atoms with van der Waals surface area (Å²) >= 11 is 6.41. The molecule has 4 rings (SSSR count). The minimum absolute atomic E-state index is 0.0359. The Hall–Kier alpha value is -3.01. The van der Waals surface area contributed by atoms with E-state index < -0.39 is 22.2 Å². The molecule has 0 bridgehead atoms. The predicted molar refractivity (Wildman–Crippen MR) is 154 cm³/mol. The fourth-order valence-electron chi connectivity index (χ4n) is 4.75. The molecule has 3 heterocycles. The van der Waals surface area contributed by atoms with Crippen molar-refractivity contribution in [1.82, 2.24) is 24.5 Å². The van der Waals surface area contributed by atoms with E-state index in [0.717, 1.165) is 70.0 Å². The van der Waals surface area contributed by atoms with Crippen LogP contribution in [0.4, 0.5) is 18.9 Å². The first-order chi connectivity index (χ1) is 20.2. The van der Waals surface area contributed by atoms with Crippen LogP contribution in [0.5, 0.6) is 0 Å². The molecule has 16 heteroatoms. The number of sulfonamides is 1. The Balaban J connectivity index is 0.000000646. The smallest absolute Gasteiger partial charge is 0.475 e. The fourth-order valence-corrected chi connectivity index (χ4v) is 6.28. The fraction of sp³-hybridized carbons (Fsp3) is 0.556. The second-order valence-corrected chi connectivity index (χ2v) is 12.5. The van der Waals surface area contributed by atoms with Gasteiger partial charge in [-0.15, -0.1) is 0 Å². The summed E-state index contributed by atoms with van der Waals surface area (Å²) in [4.78, 5) is 36.6. The van der Waals surface area contributed by atoms with Gasteiger partial charge in [0.1, 0.15) is 4.90 Å². The summed E-state index contributed by atoms with van der Waals surface area (Å²) in [5.41, 5.74) is 2.19. The Kier molecular flexibility index (Phi) is 12.1. The normalized spacial score (nSPS) is 16.9. The number of carbonyl (C=O) groups excluding carboxylic acids is 1. The van der Waals surface area contributed by atoms with Crippen molar-refractivity contribution in [3.8, 4) is 0 Å². The lowest BCUT2D eigenvalue weighted by Crippen LogP contribution is -2.49. The minimum Gasteiger partial charge on any atom is -0.475 e. The van der Waals surface area contributed by atoms with E-state index in [4.69, 9.17) is 21.5 Å². The van der Waals surface area contributed by atoms with E-state index in [9.17, 15) is 26.4 Å². The van der Waals surface area contributed by atoms with Gasteiger partial charge >= 0.3 is 12.1 Å². The standard InChI is InChI=1S/C25H35ClN6O3S.C2HF3O2/c1-3-30-10-12-32(13-11-30)25(33)14-20-6-8-31(9-7-20)22-4-5-24(23(26)15-22)36(34,35)29-18-21-17-27-19(2)16-28-21;3-2(4,5)1(6)7/h4-5,15-17,20,29H,3,6-14,18H2,1-2H3;(H,6,7). The Morgan fingerprint density at radius 3 is 2.21 bits per heavy atom. The van der Waals surface area contributed by atoms with E-state index in [1.54, 1.807) is 30.6 Å². The monoisotopic (exact) mass is 648 g/mol. The molecule has 1 aromatic heterocycles. The summed E-state index contributed by atoms with van der Waals surface area (Å²) in [7, 11) is -3.80. The molecular weight excluding hydrogens is 613 g/mol. The van der Waals surface area contributed by atoms with E-state index >= 15 is 0 Å². The number of aliphatic carboxylic acids is 1. The molecule has 2 fully saturated rings.